The molecular formula is C19H20FN5O3. The minimum absolute atomic E-state index is 0.112. The van der Waals surface area contributed by atoms with Crippen molar-refractivity contribution in [2.75, 3.05) is 19.7 Å². The number of nitrogens with one attached hydrogen (secondary N) is 1. The summed E-state index contributed by atoms with van der Waals surface area (Å²) in [5.41, 5.74) is 3.21. The lowest BCUT2D eigenvalue weighted by Crippen LogP contribution is -2.42. The van der Waals surface area contributed by atoms with Crippen molar-refractivity contribution in [2.45, 2.75) is 26.6 Å². The van der Waals surface area contributed by atoms with Crippen LogP contribution in [0.4, 0.5) is 9.18 Å². The van der Waals surface area contributed by atoms with Crippen molar-refractivity contribution in [1.29, 1.82) is 0 Å². The third-order valence-electron chi connectivity index (χ3n) is 4.82. The van der Waals surface area contributed by atoms with E-state index >= 15 is 0 Å². The highest BCUT2D eigenvalue weighted by Crippen LogP contribution is 2.23. The summed E-state index contributed by atoms with van der Waals surface area (Å²) in [7, 11) is 0. The second-order valence-corrected chi connectivity index (χ2v) is 6.68. The van der Waals surface area contributed by atoms with Crippen LogP contribution in [-0.4, -0.2) is 50.6 Å². The number of carbonyl (C=O) groups excluding carboxylic acids is 1. The third-order valence-corrected chi connectivity index (χ3v) is 4.82. The molecule has 1 aliphatic rings. The molecule has 9 heteroatoms. The molecule has 4 rings (SSSR count). The molecule has 1 amide bonds. The first-order chi connectivity index (χ1) is 13.5. The number of carbonyl (C=O) groups is 1. The van der Waals surface area contributed by atoms with Gasteiger partial charge in [-0.05, 0) is 25.5 Å². The number of aryl methyl sites for hydroxylation is 2. The van der Waals surface area contributed by atoms with Gasteiger partial charge in [0.05, 0.1) is 18.8 Å². The van der Waals surface area contributed by atoms with Crippen LogP contribution in [0.1, 0.15) is 28.7 Å². The van der Waals surface area contributed by atoms with E-state index < -0.39 is 12.2 Å². The Morgan fingerprint density at radius 1 is 1.39 bits per heavy atom. The van der Waals surface area contributed by atoms with Crippen LogP contribution < -0.4 is 0 Å². The Morgan fingerprint density at radius 3 is 3.04 bits per heavy atom. The highest BCUT2D eigenvalue weighted by molar-refractivity contribution is 5.72. The number of amides is 1. The Labute approximate surface area is 160 Å². The van der Waals surface area contributed by atoms with Crippen molar-refractivity contribution in [3.8, 4) is 0 Å². The number of rotatable bonds is 3. The third kappa shape index (κ3) is 3.53. The lowest BCUT2D eigenvalue weighted by Gasteiger charge is -2.31. The molecule has 0 radical (unpaired) electrons. The van der Waals surface area contributed by atoms with Crippen LogP contribution in [0, 0.1) is 19.7 Å². The second kappa shape index (κ2) is 7.51. The van der Waals surface area contributed by atoms with E-state index in [0.29, 0.717) is 30.2 Å². The zero-order valence-electron chi connectivity index (χ0n) is 15.6. The number of hydrogen-bond acceptors (Lipinski definition) is 6. The maximum absolute atomic E-state index is 13.9. The van der Waals surface area contributed by atoms with Crippen molar-refractivity contribution < 1.29 is 18.7 Å². The predicted octanol–water partition coefficient (Wildman–Crippen LogP) is 2.82. The van der Waals surface area contributed by atoms with Gasteiger partial charge in [0.1, 0.15) is 36.2 Å². The lowest BCUT2D eigenvalue weighted by molar-refractivity contribution is -0.0331. The highest BCUT2D eigenvalue weighted by atomic mass is 19.1. The number of nitrogens with zero attached hydrogens (tertiary/aromatic N) is 4. The van der Waals surface area contributed by atoms with Gasteiger partial charge in [-0.2, -0.15) is 0 Å². The van der Waals surface area contributed by atoms with Crippen molar-refractivity contribution in [1.82, 2.24) is 24.8 Å². The standard InChI is InChI=1S/C19H20FN5O3/c1-11-4-3-5-14(20)13(11)9-28-19(26)25-6-7-27-15(8-25)17-23-16-12(2)21-10-22-18(16)24-17/h3-5,10,15H,6-9H2,1-2H3,(H,21,22,23,24). The molecule has 0 bridgehead atoms. The van der Waals surface area contributed by atoms with Gasteiger partial charge in [-0.3, -0.25) is 0 Å². The molecular weight excluding hydrogens is 365 g/mol. The smallest absolute Gasteiger partial charge is 0.410 e. The fourth-order valence-corrected chi connectivity index (χ4v) is 3.17. The summed E-state index contributed by atoms with van der Waals surface area (Å²) in [5.74, 6) is 0.201. The topological polar surface area (TPSA) is 93.2 Å². The van der Waals surface area contributed by atoms with Crippen LogP contribution >= 0.6 is 0 Å². The summed E-state index contributed by atoms with van der Waals surface area (Å²) in [5, 5.41) is 0. The number of aromatic nitrogens is 4. The summed E-state index contributed by atoms with van der Waals surface area (Å²) < 4.78 is 25.0. The van der Waals surface area contributed by atoms with Gasteiger partial charge in [0.15, 0.2) is 5.65 Å². The van der Waals surface area contributed by atoms with Gasteiger partial charge in [0.2, 0.25) is 0 Å². The molecule has 0 aliphatic carbocycles. The van der Waals surface area contributed by atoms with E-state index in [-0.39, 0.29) is 19.0 Å². The number of imidazole rings is 1. The minimum Gasteiger partial charge on any atom is -0.444 e. The molecule has 2 aromatic heterocycles. The molecule has 1 aliphatic heterocycles. The van der Waals surface area contributed by atoms with Gasteiger partial charge in [-0.25, -0.2) is 24.1 Å². The molecule has 3 heterocycles. The average molecular weight is 385 g/mol. The van der Waals surface area contributed by atoms with E-state index in [0.717, 1.165) is 16.8 Å². The maximum atomic E-state index is 13.9. The fraction of sp³-hybridized carbons (Fsp3) is 0.368. The molecule has 1 saturated heterocycles. The summed E-state index contributed by atoms with van der Waals surface area (Å²) in [6.07, 6.45) is 0.520. The summed E-state index contributed by atoms with van der Waals surface area (Å²) >= 11 is 0. The molecule has 1 N–H and O–H groups in total. The molecule has 146 valence electrons. The van der Waals surface area contributed by atoms with Crippen LogP contribution in [0.15, 0.2) is 24.5 Å². The largest absolute Gasteiger partial charge is 0.444 e. The summed E-state index contributed by atoms with van der Waals surface area (Å²) in [4.78, 5) is 29.9. The Morgan fingerprint density at radius 2 is 2.25 bits per heavy atom. The zero-order valence-corrected chi connectivity index (χ0v) is 15.6. The molecule has 1 unspecified atom stereocenters. The fourth-order valence-electron chi connectivity index (χ4n) is 3.17. The molecule has 8 nitrogen and oxygen atoms in total. The Kier molecular flexibility index (Phi) is 4.91. The van der Waals surface area contributed by atoms with E-state index in [2.05, 4.69) is 19.9 Å². The molecule has 3 aromatic rings. The van der Waals surface area contributed by atoms with Gasteiger partial charge in [0.25, 0.3) is 0 Å². The molecule has 1 aromatic carbocycles. The van der Waals surface area contributed by atoms with Crippen LogP contribution in [0.3, 0.4) is 0 Å². The number of halogens is 1. The van der Waals surface area contributed by atoms with Gasteiger partial charge in [-0.15, -0.1) is 0 Å². The van der Waals surface area contributed by atoms with E-state index in [4.69, 9.17) is 9.47 Å². The van der Waals surface area contributed by atoms with Crippen LogP contribution in [0.25, 0.3) is 11.2 Å². The average Bonchev–Trinajstić information content (AvgIpc) is 3.13. The Bertz CT molecular complexity index is 1000. The summed E-state index contributed by atoms with van der Waals surface area (Å²) in [6, 6.07) is 4.76. The second-order valence-electron chi connectivity index (χ2n) is 6.68. The van der Waals surface area contributed by atoms with Crippen molar-refractivity contribution >= 4 is 17.3 Å². The van der Waals surface area contributed by atoms with Crippen LogP contribution in [-0.2, 0) is 16.1 Å². The van der Waals surface area contributed by atoms with E-state index in [9.17, 15) is 9.18 Å². The number of ether oxygens (including phenoxy) is 2. The van der Waals surface area contributed by atoms with Crippen molar-refractivity contribution in [3.05, 3.63) is 53.0 Å². The van der Waals surface area contributed by atoms with Gasteiger partial charge >= 0.3 is 6.09 Å². The van der Waals surface area contributed by atoms with Gasteiger partial charge in [-0.1, -0.05) is 12.1 Å². The number of benzene rings is 1. The number of morpholine rings is 1. The molecule has 28 heavy (non-hydrogen) atoms. The predicted molar refractivity (Wildman–Crippen MR) is 98.0 cm³/mol. The summed E-state index contributed by atoms with van der Waals surface area (Å²) in [6.45, 7) is 4.55. The van der Waals surface area contributed by atoms with Crippen LogP contribution in [0.2, 0.25) is 0 Å². The van der Waals surface area contributed by atoms with E-state index in [1.807, 2.05) is 6.92 Å². The first-order valence-electron chi connectivity index (χ1n) is 8.97. The molecule has 0 spiro atoms. The lowest BCUT2D eigenvalue weighted by atomic mass is 10.1. The number of hydrogen-bond donors (Lipinski definition) is 1. The van der Waals surface area contributed by atoms with Gasteiger partial charge in [0, 0.05) is 12.1 Å². The first kappa shape index (κ1) is 18.3. The normalized spacial score (nSPS) is 17.1. The Balaban J connectivity index is 1.44. The first-order valence-corrected chi connectivity index (χ1v) is 8.97. The van der Waals surface area contributed by atoms with E-state index in [1.165, 1.54) is 17.3 Å². The van der Waals surface area contributed by atoms with Gasteiger partial charge < -0.3 is 19.4 Å². The number of H-pyrrole nitrogens is 1. The number of aromatic amines is 1. The maximum Gasteiger partial charge on any atom is 0.410 e. The SMILES string of the molecule is Cc1cccc(F)c1COC(=O)N1CCOC(c2nc3ncnc(C)c3[nH]2)C1. The van der Waals surface area contributed by atoms with E-state index in [1.54, 1.807) is 19.1 Å². The molecule has 1 atom stereocenters. The Hall–Kier alpha value is -3.07. The van der Waals surface area contributed by atoms with Crippen molar-refractivity contribution in [3.63, 3.8) is 0 Å². The zero-order chi connectivity index (χ0) is 19.7. The number of fused-ring (bicyclic) bond motifs is 1. The molecule has 0 saturated carbocycles. The monoisotopic (exact) mass is 385 g/mol. The van der Waals surface area contributed by atoms with Crippen LogP contribution in [0.5, 0.6) is 0 Å². The highest BCUT2D eigenvalue weighted by Gasteiger charge is 2.29. The quantitative estimate of drug-likeness (QED) is 0.745. The molecule has 1 fully saturated rings. The minimum atomic E-state index is -0.511. The van der Waals surface area contributed by atoms with Crippen molar-refractivity contribution in [2.24, 2.45) is 0 Å².